The van der Waals surface area contributed by atoms with Crippen molar-refractivity contribution in [1.29, 1.82) is 0 Å². The predicted molar refractivity (Wildman–Crippen MR) is 75.7 cm³/mol. The van der Waals surface area contributed by atoms with Crippen LogP contribution in [0.1, 0.15) is 23.7 Å². The van der Waals surface area contributed by atoms with Crippen LogP contribution in [0.2, 0.25) is 0 Å². The highest BCUT2D eigenvalue weighted by molar-refractivity contribution is 9.10. The molecule has 18 heavy (non-hydrogen) atoms. The van der Waals surface area contributed by atoms with E-state index >= 15 is 0 Å². The third-order valence-electron chi connectivity index (χ3n) is 3.03. The van der Waals surface area contributed by atoms with Crippen molar-refractivity contribution < 1.29 is 0 Å². The van der Waals surface area contributed by atoms with Crippen molar-refractivity contribution in [2.45, 2.75) is 18.9 Å². The van der Waals surface area contributed by atoms with E-state index in [9.17, 15) is 0 Å². The van der Waals surface area contributed by atoms with Gasteiger partial charge in [-0.3, -0.25) is 16.0 Å². The standard InChI is InChI=1S/C13H17BrN4/c1-18-13(11(14)9-16-18)12(17-15)8-7-10-5-3-2-4-6-10/h2-6,9,12,17H,7-8,15H2,1H3. The lowest BCUT2D eigenvalue weighted by atomic mass is 10.0. The van der Waals surface area contributed by atoms with Crippen molar-refractivity contribution in [2.75, 3.05) is 0 Å². The van der Waals surface area contributed by atoms with Gasteiger partial charge in [0.2, 0.25) is 0 Å². The van der Waals surface area contributed by atoms with Gasteiger partial charge in [-0.25, -0.2) is 0 Å². The minimum atomic E-state index is 0.0899. The number of nitrogens with one attached hydrogen (secondary N) is 1. The Morgan fingerprint density at radius 3 is 2.67 bits per heavy atom. The minimum absolute atomic E-state index is 0.0899. The van der Waals surface area contributed by atoms with Crippen LogP contribution in [0.25, 0.3) is 0 Å². The summed E-state index contributed by atoms with van der Waals surface area (Å²) in [5.74, 6) is 5.65. The second-order valence-corrected chi connectivity index (χ2v) is 5.10. The van der Waals surface area contributed by atoms with E-state index in [2.05, 4.69) is 50.7 Å². The Morgan fingerprint density at radius 2 is 2.11 bits per heavy atom. The summed E-state index contributed by atoms with van der Waals surface area (Å²) < 4.78 is 2.83. The highest BCUT2D eigenvalue weighted by Crippen LogP contribution is 2.25. The molecule has 1 aromatic carbocycles. The van der Waals surface area contributed by atoms with Crippen LogP contribution in [0.5, 0.6) is 0 Å². The van der Waals surface area contributed by atoms with E-state index in [1.54, 1.807) is 6.20 Å². The van der Waals surface area contributed by atoms with Crippen LogP contribution in [-0.2, 0) is 13.5 Å². The molecule has 1 unspecified atom stereocenters. The first-order chi connectivity index (χ1) is 8.72. The number of hydrogen-bond donors (Lipinski definition) is 2. The summed E-state index contributed by atoms with van der Waals surface area (Å²) in [4.78, 5) is 0. The number of hydrazine groups is 1. The molecule has 0 amide bonds. The van der Waals surface area contributed by atoms with Crippen molar-refractivity contribution in [2.24, 2.45) is 12.9 Å². The monoisotopic (exact) mass is 308 g/mol. The summed E-state index contributed by atoms with van der Waals surface area (Å²) in [6.45, 7) is 0. The second kappa shape index (κ2) is 6.13. The molecule has 0 aliphatic carbocycles. The van der Waals surface area contributed by atoms with Crippen molar-refractivity contribution >= 4 is 15.9 Å². The molecule has 0 saturated heterocycles. The summed E-state index contributed by atoms with van der Waals surface area (Å²) in [5, 5.41) is 4.21. The molecule has 5 heteroatoms. The Bertz CT molecular complexity index is 475. The summed E-state index contributed by atoms with van der Waals surface area (Å²) in [6.07, 6.45) is 3.70. The Hall–Kier alpha value is -1.17. The highest BCUT2D eigenvalue weighted by Gasteiger charge is 2.17. The van der Waals surface area contributed by atoms with E-state index in [1.807, 2.05) is 17.8 Å². The van der Waals surface area contributed by atoms with Crippen molar-refractivity contribution in [3.63, 3.8) is 0 Å². The third-order valence-corrected chi connectivity index (χ3v) is 3.64. The first-order valence-corrected chi connectivity index (χ1v) is 6.69. The van der Waals surface area contributed by atoms with Gasteiger partial charge in [0.1, 0.15) is 0 Å². The van der Waals surface area contributed by atoms with Crippen LogP contribution in [0.4, 0.5) is 0 Å². The molecule has 0 saturated carbocycles. The van der Waals surface area contributed by atoms with E-state index in [0.717, 1.165) is 23.0 Å². The SMILES string of the molecule is Cn1ncc(Br)c1C(CCc1ccccc1)NN. The van der Waals surface area contributed by atoms with Gasteiger partial charge in [-0.05, 0) is 34.3 Å². The molecule has 96 valence electrons. The molecule has 0 aliphatic rings. The molecule has 0 bridgehead atoms. The van der Waals surface area contributed by atoms with E-state index in [1.165, 1.54) is 5.56 Å². The molecule has 0 fully saturated rings. The summed E-state index contributed by atoms with van der Waals surface area (Å²) in [5.41, 5.74) is 5.26. The van der Waals surface area contributed by atoms with Gasteiger partial charge in [-0.15, -0.1) is 0 Å². The van der Waals surface area contributed by atoms with Crippen LogP contribution < -0.4 is 11.3 Å². The molecular formula is C13H17BrN4. The molecule has 1 heterocycles. The lowest BCUT2D eigenvalue weighted by Crippen LogP contribution is -2.30. The lowest BCUT2D eigenvalue weighted by Gasteiger charge is -2.17. The van der Waals surface area contributed by atoms with Gasteiger partial charge in [-0.1, -0.05) is 30.3 Å². The number of hydrogen-bond acceptors (Lipinski definition) is 3. The van der Waals surface area contributed by atoms with Gasteiger partial charge in [0.15, 0.2) is 0 Å². The molecule has 2 rings (SSSR count). The molecule has 0 aliphatic heterocycles. The average molecular weight is 309 g/mol. The molecule has 4 nitrogen and oxygen atoms in total. The average Bonchev–Trinajstić information content (AvgIpc) is 2.73. The molecule has 0 radical (unpaired) electrons. The molecule has 3 N–H and O–H groups in total. The van der Waals surface area contributed by atoms with Crippen LogP contribution in [0, 0.1) is 0 Å². The zero-order valence-corrected chi connectivity index (χ0v) is 11.9. The van der Waals surface area contributed by atoms with Gasteiger partial charge < -0.3 is 0 Å². The van der Waals surface area contributed by atoms with Crippen molar-refractivity contribution in [3.8, 4) is 0 Å². The molecule has 0 spiro atoms. The van der Waals surface area contributed by atoms with Crippen LogP contribution >= 0.6 is 15.9 Å². The van der Waals surface area contributed by atoms with E-state index in [-0.39, 0.29) is 6.04 Å². The Labute approximate surface area is 115 Å². The van der Waals surface area contributed by atoms with Gasteiger partial charge in [0.05, 0.1) is 22.4 Å². The topological polar surface area (TPSA) is 55.9 Å². The Kier molecular flexibility index (Phi) is 4.52. The van der Waals surface area contributed by atoms with Crippen LogP contribution in [-0.4, -0.2) is 9.78 Å². The maximum absolute atomic E-state index is 5.65. The van der Waals surface area contributed by atoms with Gasteiger partial charge in [0.25, 0.3) is 0 Å². The zero-order chi connectivity index (χ0) is 13.0. The maximum Gasteiger partial charge on any atom is 0.0705 e. The first-order valence-electron chi connectivity index (χ1n) is 5.90. The van der Waals surface area contributed by atoms with E-state index in [4.69, 9.17) is 5.84 Å². The highest BCUT2D eigenvalue weighted by atomic mass is 79.9. The third kappa shape index (κ3) is 2.98. The number of benzene rings is 1. The summed E-state index contributed by atoms with van der Waals surface area (Å²) in [6, 6.07) is 10.5. The quantitative estimate of drug-likeness (QED) is 0.658. The van der Waals surface area contributed by atoms with Crippen molar-refractivity contribution in [1.82, 2.24) is 15.2 Å². The van der Waals surface area contributed by atoms with Crippen LogP contribution in [0.3, 0.4) is 0 Å². The lowest BCUT2D eigenvalue weighted by molar-refractivity contribution is 0.479. The second-order valence-electron chi connectivity index (χ2n) is 4.24. The smallest absolute Gasteiger partial charge is 0.0705 e. The number of nitrogens with zero attached hydrogens (tertiary/aromatic N) is 2. The van der Waals surface area contributed by atoms with E-state index < -0.39 is 0 Å². The fraction of sp³-hybridized carbons (Fsp3) is 0.308. The van der Waals surface area contributed by atoms with Crippen LogP contribution in [0.15, 0.2) is 41.0 Å². The first kappa shape index (κ1) is 13.3. The number of nitrogens with two attached hydrogens (primary N) is 1. The molecule has 2 aromatic rings. The normalized spacial score (nSPS) is 12.6. The molecule has 1 aromatic heterocycles. The Balaban J connectivity index is 2.07. The number of aryl methyl sites for hydroxylation is 2. The number of aromatic nitrogens is 2. The minimum Gasteiger partial charge on any atom is -0.271 e. The summed E-state index contributed by atoms with van der Waals surface area (Å²) in [7, 11) is 1.92. The van der Waals surface area contributed by atoms with Gasteiger partial charge in [0, 0.05) is 7.05 Å². The van der Waals surface area contributed by atoms with Gasteiger partial charge in [-0.2, -0.15) is 5.10 Å². The maximum atomic E-state index is 5.65. The fourth-order valence-corrected chi connectivity index (χ4v) is 2.69. The number of halogens is 1. The zero-order valence-electron chi connectivity index (χ0n) is 10.3. The van der Waals surface area contributed by atoms with E-state index in [0.29, 0.717) is 0 Å². The number of rotatable bonds is 5. The predicted octanol–water partition coefficient (Wildman–Crippen LogP) is 2.32. The fourth-order valence-electron chi connectivity index (χ4n) is 2.07. The van der Waals surface area contributed by atoms with Gasteiger partial charge >= 0.3 is 0 Å². The van der Waals surface area contributed by atoms with Crippen molar-refractivity contribution in [3.05, 3.63) is 52.3 Å². The largest absolute Gasteiger partial charge is 0.271 e. The molecular weight excluding hydrogens is 292 g/mol. The Morgan fingerprint density at radius 1 is 1.39 bits per heavy atom. The summed E-state index contributed by atoms with van der Waals surface area (Å²) >= 11 is 3.51. The molecule has 1 atom stereocenters.